The van der Waals surface area contributed by atoms with Gasteiger partial charge in [-0.15, -0.1) is 11.8 Å². The number of carbonyl (C=O) groups excluding carboxylic acids is 2. The van der Waals surface area contributed by atoms with E-state index in [0.717, 1.165) is 4.90 Å². The number of carbonyl (C=O) groups is 2. The number of anilines is 1. The molecule has 1 amide bonds. The van der Waals surface area contributed by atoms with Gasteiger partial charge in [-0.3, -0.25) is 4.79 Å². The van der Waals surface area contributed by atoms with Crippen molar-refractivity contribution in [1.29, 1.82) is 0 Å². The lowest BCUT2D eigenvalue weighted by atomic mass is 10.2. The Balaban J connectivity index is 1.95. The number of rotatable bonds is 5. The molecule has 0 radical (unpaired) electrons. The first kappa shape index (κ1) is 17.4. The summed E-state index contributed by atoms with van der Waals surface area (Å²) in [5.41, 5.74) is 0.958. The van der Waals surface area contributed by atoms with Gasteiger partial charge in [0.2, 0.25) is 0 Å². The first-order chi connectivity index (χ1) is 11.0. The van der Waals surface area contributed by atoms with Crippen LogP contribution < -0.4 is 5.32 Å². The second-order valence-electron chi connectivity index (χ2n) is 4.78. The Hall–Kier alpha value is -1.98. The maximum Gasteiger partial charge on any atom is 0.338 e. The average molecular weight is 350 g/mol. The molecule has 0 spiro atoms. The maximum absolute atomic E-state index is 12.1. The molecule has 0 unspecified atom stereocenters. The van der Waals surface area contributed by atoms with Crippen LogP contribution in [0.4, 0.5) is 5.69 Å². The van der Waals surface area contributed by atoms with E-state index < -0.39 is 18.0 Å². The standard InChI is InChI=1S/C17H16ClNO3S/c1-11(16(20)19-14-5-3-4-13(18)10-14)22-17(21)12-6-8-15(23-2)9-7-12/h3-11H,1-2H3,(H,19,20)/t11-/m0/s1. The molecule has 0 bridgehead atoms. The van der Waals surface area contributed by atoms with Crippen LogP contribution in [0.2, 0.25) is 5.02 Å². The Bertz CT molecular complexity index is 703. The Morgan fingerprint density at radius 2 is 1.87 bits per heavy atom. The lowest BCUT2D eigenvalue weighted by Gasteiger charge is -2.13. The average Bonchev–Trinajstić information content (AvgIpc) is 2.54. The van der Waals surface area contributed by atoms with Crippen molar-refractivity contribution >= 4 is 40.9 Å². The van der Waals surface area contributed by atoms with Gasteiger partial charge in [-0.2, -0.15) is 0 Å². The summed E-state index contributed by atoms with van der Waals surface area (Å²) < 4.78 is 5.18. The molecule has 0 heterocycles. The van der Waals surface area contributed by atoms with Gasteiger partial charge in [0, 0.05) is 15.6 Å². The third kappa shape index (κ3) is 5.01. The minimum Gasteiger partial charge on any atom is -0.449 e. The monoisotopic (exact) mass is 349 g/mol. The van der Waals surface area contributed by atoms with Crippen LogP contribution in [0.3, 0.4) is 0 Å². The summed E-state index contributed by atoms with van der Waals surface area (Å²) in [7, 11) is 0. The van der Waals surface area contributed by atoms with E-state index in [4.69, 9.17) is 16.3 Å². The number of amides is 1. The van der Waals surface area contributed by atoms with Crippen molar-refractivity contribution < 1.29 is 14.3 Å². The number of halogens is 1. The Labute approximate surface area is 144 Å². The predicted molar refractivity (Wildman–Crippen MR) is 93.2 cm³/mol. The fraction of sp³-hybridized carbons (Fsp3) is 0.176. The zero-order valence-electron chi connectivity index (χ0n) is 12.7. The van der Waals surface area contributed by atoms with E-state index in [1.165, 1.54) is 6.92 Å². The van der Waals surface area contributed by atoms with Crippen LogP contribution in [-0.4, -0.2) is 24.2 Å². The fourth-order valence-electron chi connectivity index (χ4n) is 1.82. The zero-order valence-corrected chi connectivity index (χ0v) is 14.3. The summed E-state index contributed by atoms with van der Waals surface area (Å²) in [6.45, 7) is 1.52. The van der Waals surface area contributed by atoms with Crippen molar-refractivity contribution in [2.75, 3.05) is 11.6 Å². The second kappa shape index (κ2) is 8.04. The molecule has 2 rings (SSSR count). The van der Waals surface area contributed by atoms with Gasteiger partial charge in [0.25, 0.3) is 5.91 Å². The molecular formula is C17H16ClNO3S. The topological polar surface area (TPSA) is 55.4 Å². The highest BCUT2D eigenvalue weighted by Crippen LogP contribution is 2.17. The van der Waals surface area contributed by atoms with Gasteiger partial charge in [0.05, 0.1) is 5.56 Å². The van der Waals surface area contributed by atoms with E-state index in [-0.39, 0.29) is 0 Å². The molecule has 1 atom stereocenters. The number of hydrogen-bond acceptors (Lipinski definition) is 4. The normalized spacial score (nSPS) is 11.6. The van der Waals surface area contributed by atoms with Gasteiger partial charge in [-0.25, -0.2) is 4.79 Å². The number of hydrogen-bond donors (Lipinski definition) is 1. The first-order valence-corrected chi connectivity index (χ1v) is 8.51. The van der Waals surface area contributed by atoms with Crippen LogP contribution in [0.5, 0.6) is 0 Å². The lowest BCUT2D eigenvalue weighted by molar-refractivity contribution is -0.123. The lowest BCUT2D eigenvalue weighted by Crippen LogP contribution is -2.30. The summed E-state index contributed by atoms with van der Waals surface area (Å²) in [6, 6.07) is 13.8. The summed E-state index contributed by atoms with van der Waals surface area (Å²) in [5, 5.41) is 3.17. The molecule has 0 aromatic heterocycles. The summed E-state index contributed by atoms with van der Waals surface area (Å²) in [4.78, 5) is 25.1. The van der Waals surface area contributed by atoms with Crippen LogP contribution in [0.15, 0.2) is 53.4 Å². The van der Waals surface area contributed by atoms with Gasteiger partial charge >= 0.3 is 5.97 Å². The highest BCUT2D eigenvalue weighted by atomic mass is 35.5. The second-order valence-corrected chi connectivity index (χ2v) is 6.09. The molecule has 4 nitrogen and oxygen atoms in total. The Morgan fingerprint density at radius 1 is 1.17 bits per heavy atom. The van der Waals surface area contributed by atoms with E-state index in [1.54, 1.807) is 48.2 Å². The van der Waals surface area contributed by atoms with Crippen LogP contribution in [0.1, 0.15) is 17.3 Å². The van der Waals surface area contributed by atoms with E-state index >= 15 is 0 Å². The maximum atomic E-state index is 12.1. The van der Waals surface area contributed by atoms with Crippen LogP contribution in [0, 0.1) is 0 Å². The summed E-state index contributed by atoms with van der Waals surface area (Å²) in [6.07, 6.45) is 1.04. The number of nitrogens with one attached hydrogen (secondary N) is 1. The molecule has 120 valence electrons. The molecule has 2 aromatic rings. The highest BCUT2D eigenvalue weighted by molar-refractivity contribution is 7.98. The van der Waals surface area contributed by atoms with Gasteiger partial charge in [-0.1, -0.05) is 17.7 Å². The highest BCUT2D eigenvalue weighted by Gasteiger charge is 2.19. The summed E-state index contributed by atoms with van der Waals surface area (Å²) in [5.74, 6) is -0.951. The van der Waals surface area contributed by atoms with Crippen molar-refractivity contribution in [3.8, 4) is 0 Å². The Morgan fingerprint density at radius 3 is 2.48 bits per heavy atom. The number of thioether (sulfide) groups is 1. The minimum atomic E-state index is -0.915. The van der Waals surface area contributed by atoms with Gasteiger partial charge < -0.3 is 10.1 Å². The number of benzene rings is 2. The van der Waals surface area contributed by atoms with E-state index in [0.29, 0.717) is 16.3 Å². The van der Waals surface area contributed by atoms with E-state index in [1.807, 2.05) is 18.4 Å². The molecular weight excluding hydrogens is 334 g/mol. The molecule has 23 heavy (non-hydrogen) atoms. The Kier molecular flexibility index (Phi) is 6.07. The first-order valence-electron chi connectivity index (χ1n) is 6.91. The quantitative estimate of drug-likeness (QED) is 0.647. The molecule has 0 saturated carbocycles. The van der Waals surface area contributed by atoms with Gasteiger partial charge in [0.1, 0.15) is 0 Å². The molecule has 1 N–H and O–H groups in total. The summed E-state index contributed by atoms with van der Waals surface area (Å²) >= 11 is 7.44. The van der Waals surface area contributed by atoms with Crippen molar-refractivity contribution in [1.82, 2.24) is 0 Å². The zero-order chi connectivity index (χ0) is 16.8. The fourth-order valence-corrected chi connectivity index (χ4v) is 2.42. The van der Waals surface area contributed by atoms with Crippen molar-refractivity contribution in [2.45, 2.75) is 17.9 Å². The minimum absolute atomic E-state index is 0.408. The van der Waals surface area contributed by atoms with Crippen LogP contribution >= 0.6 is 23.4 Å². The number of esters is 1. The molecule has 0 aliphatic carbocycles. The van der Waals surface area contributed by atoms with Crippen molar-refractivity contribution in [2.24, 2.45) is 0 Å². The van der Waals surface area contributed by atoms with E-state index in [2.05, 4.69) is 5.32 Å². The third-order valence-corrected chi connectivity index (χ3v) is 4.05. The van der Waals surface area contributed by atoms with Crippen molar-refractivity contribution in [3.05, 3.63) is 59.1 Å². The molecule has 0 saturated heterocycles. The molecule has 0 aliphatic heterocycles. The smallest absolute Gasteiger partial charge is 0.338 e. The molecule has 2 aromatic carbocycles. The molecule has 0 aliphatic rings. The molecule has 6 heteroatoms. The van der Waals surface area contributed by atoms with Crippen LogP contribution in [-0.2, 0) is 9.53 Å². The van der Waals surface area contributed by atoms with Gasteiger partial charge in [-0.05, 0) is 55.6 Å². The van der Waals surface area contributed by atoms with Gasteiger partial charge in [0.15, 0.2) is 6.10 Å². The van der Waals surface area contributed by atoms with Crippen LogP contribution in [0.25, 0.3) is 0 Å². The largest absolute Gasteiger partial charge is 0.449 e. The number of ether oxygens (including phenoxy) is 1. The molecule has 0 fully saturated rings. The SMILES string of the molecule is CSc1ccc(C(=O)O[C@@H](C)C(=O)Nc2cccc(Cl)c2)cc1. The van der Waals surface area contributed by atoms with E-state index in [9.17, 15) is 9.59 Å². The predicted octanol–water partition coefficient (Wildman–Crippen LogP) is 4.25. The van der Waals surface area contributed by atoms with Crippen molar-refractivity contribution in [3.63, 3.8) is 0 Å². The third-order valence-electron chi connectivity index (χ3n) is 3.07.